The van der Waals surface area contributed by atoms with E-state index in [0.717, 1.165) is 0 Å². The molecule has 0 aromatic rings. The number of ether oxygens (including phenoxy) is 2. The molecule has 104 valence electrons. The molecule has 1 unspecified atom stereocenters. The molecule has 0 aromatic carbocycles. The summed E-state index contributed by atoms with van der Waals surface area (Å²) in [5.41, 5.74) is -0.588. The molecule has 0 aliphatic heterocycles. The van der Waals surface area contributed by atoms with Gasteiger partial charge in [0.1, 0.15) is 5.60 Å². The van der Waals surface area contributed by atoms with Crippen molar-refractivity contribution in [2.75, 3.05) is 7.11 Å². The molecule has 0 radical (unpaired) electrons. The molecular formula is C12H21NO5. The topological polar surface area (TPSA) is 84.9 Å². The van der Waals surface area contributed by atoms with E-state index in [1.54, 1.807) is 20.8 Å². The second-order valence-corrected chi connectivity index (χ2v) is 5.51. The first kappa shape index (κ1) is 14.8. The number of esters is 1. The third-order valence-corrected chi connectivity index (χ3v) is 2.77. The van der Waals surface area contributed by atoms with Crippen molar-refractivity contribution >= 4 is 12.1 Å². The number of rotatable bonds is 2. The highest BCUT2D eigenvalue weighted by atomic mass is 16.6. The Hall–Kier alpha value is -1.30. The van der Waals surface area contributed by atoms with Gasteiger partial charge in [0.05, 0.1) is 25.2 Å². The first-order chi connectivity index (χ1) is 8.23. The molecule has 0 saturated heterocycles. The molecule has 18 heavy (non-hydrogen) atoms. The molecule has 0 spiro atoms. The molecule has 1 fully saturated rings. The van der Waals surface area contributed by atoms with Crippen molar-refractivity contribution < 1.29 is 24.2 Å². The van der Waals surface area contributed by atoms with Crippen LogP contribution in [0.4, 0.5) is 4.79 Å². The molecule has 1 rings (SSSR count). The van der Waals surface area contributed by atoms with E-state index in [-0.39, 0.29) is 11.9 Å². The third kappa shape index (κ3) is 4.18. The van der Waals surface area contributed by atoms with Gasteiger partial charge in [-0.1, -0.05) is 0 Å². The predicted octanol–water partition coefficient (Wildman–Crippen LogP) is 0.824. The standard InChI is InChI=1S/C12H21NO5/c1-12(2,3)18-11(16)13-8-5-7(6-9(8)14)10(15)17-4/h7-9,14H,5-6H2,1-4H3,(H,13,16)/t7-,8+,9?/m0/s1. The average molecular weight is 259 g/mol. The Morgan fingerprint density at radius 3 is 2.39 bits per heavy atom. The van der Waals surface area contributed by atoms with Crippen LogP contribution in [0.2, 0.25) is 0 Å². The van der Waals surface area contributed by atoms with Crippen LogP contribution in [0.15, 0.2) is 0 Å². The minimum absolute atomic E-state index is 0.299. The number of nitrogens with one attached hydrogen (secondary N) is 1. The molecule has 1 saturated carbocycles. The Balaban J connectivity index is 2.49. The number of hydrogen-bond donors (Lipinski definition) is 2. The van der Waals surface area contributed by atoms with Gasteiger partial charge in [-0.05, 0) is 33.6 Å². The molecule has 6 nitrogen and oxygen atoms in total. The zero-order valence-electron chi connectivity index (χ0n) is 11.2. The number of carbonyl (C=O) groups excluding carboxylic acids is 2. The lowest BCUT2D eigenvalue weighted by atomic mass is 10.1. The molecule has 1 aliphatic rings. The minimum atomic E-state index is -0.749. The highest BCUT2D eigenvalue weighted by molar-refractivity contribution is 5.73. The van der Waals surface area contributed by atoms with Crippen LogP contribution in [0.3, 0.4) is 0 Å². The number of methoxy groups -OCH3 is 1. The Bertz CT molecular complexity index is 323. The molecule has 6 heteroatoms. The van der Waals surface area contributed by atoms with E-state index in [0.29, 0.717) is 12.8 Å². The van der Waals surface area contributed by atoms with Crippen LogP contribution in [-0.2, 0) is 14.3 Å². The maximum absolute atomic E-state index is 11.5. The summed E-state index contributed by atoms with van der Waals surface area (Å²) in [5.74, 6) is -0.729. The quantitative estimate of drug-likeness (QED) is 0.717. The summed E-state index contributed by atoms with van der Waals surface area (Å²) in [7, 11) is 1.31. The van der Waals surface area contributed by atoms with Crippen molar-refractivity contribution in [1.82, 2.24) is 5.32 Å². The summed E-state index contributed by atoms with van der Waals surface area (Å²) in [6.45, 7) is 5.28. The SMILES string of the molecule is COC(=O)[C@@H]1CC(O)[C@H](NC(=O)OC(C)(C)C)C1. The summed E-state index contributed by atoms with van der Waals surface area (Å²) in [4.78, 5) is 22.9. The monoisotopic (exact) mass is 259 g/mol. The average Bonchev–Trinajstić information content (AvgIpc) is 2.56. The third-order valence-electron chi connectivity index (χ3n) is 2.77. The van der Waals surface area contributed by atoms with E-state index in [9.17, 15) is 14.7 Å². The van der Waals surface area contributed by atoms with Crippen molar-refractivity contribution in [3.63, 3.8) is 0 Å². The van der Waals surface area contributed by atoms with Crippen LogP contribution in [-0.4, -0.2) is 42.0 Å². The summed E-state index contributed by atoms with van der Waals surface area (Å²) < 4.78 is 9.72. The first-order valence-corrected chi connectivity index (χ1v) is 5.98. The lowest BCUT2D eigenvalue weighted by Gasteiger charge is -2.22. The summed E-state index contributed by atoms with van der Waals surface area (Å²) in [6.07, 6.45) is -0.668. The molecule has 0 heterocycles. The highest BCUT2D eigenvalue weighted by Crippen LogP contribution is 2.27. The Labute approximate surface area is 107 Å². The normalized spacial score (nSPS) is 27.7. The zero-order chi connectivity index (χ0) is 13.9. The minimum Gasteiger partial charge on any atom is -0.469 e. The van der Waals surface area contributed by atoms with Gasteiger partial charge in [-0.3, -0.25) is 4.79 Å². The number of hydrogen-bond acceptors (Lipinski definition) is 5. The van der Waals surface area contributed by atoms with Gasteiger partial charge >= 0.3 is 12.1 Å². The fourth-order valence-corrected chi connectivity index (χ4v) is 1.99. The smallest absolute Gasteiger partial charge is 0.407 e. The van der Waals surface area contributed by atoms with E-state index in [2.05, 4.69) is 10.1 Å². The molecule has 2 N–H and O–H groups in total. The van der Waals surface area contributed by atoms with Crippen molar-refractivity contribution in [3.8, 4) is 0 Å². The fraction of sp³-hybridized carbons (Fsp3) is 0.833. The second kappa shape index (κ2) is 5.56. The van der Waals surface area contributed by atoms with Gasteiger partial charge in [0.2, 0.25) is 0 Å². The van der Waals surface area contributed by atoms with E-state index in [4.69, 9.17) is 4.74 Å². The van der Waals surface area contributed by atoms with Crippen molar-refractivity contribution in [3.05, 3.63) is 0 Å². The fourth-order valence-electron chi connectivity index (χ4n) is 1.99. The van der Waals surface area contributed by atoms with Crippen LogP contribution in [0, 0.1) is 5.92 Å². The summed E-state index contributed by atoms with van der Waals surface area (Å²) >= 11 is 0. The first-order valence-electron chi connectivity index (χ1n) is 5.98. The Kier molecular flexibility index (Phi) is 4.56. The van der Waals surface area contributed by atoms with Gasteiger partial charge in [-0.2, -0.15) is 0 Å². The summed E-state index contributed by atoms with van der Waals surface area (Å²) in [5, 5.41) is 12.3. The molecule has 1 aliphatic carbocycles. The summed E-state index contributed by atoms with van der Waals surface area (Å²) in [6, 6.07) is -0.469. The molecular weight excluding hydrogens is 238 g/mol. The van der Waals surface area contributed by atoms with E-state index in [1.165, 1.54) is 7.11 Å². The maximum atomic E-state index is 11.5. The second-order valence-electron chi connectivity index (χ2n) is 5.51. The van der Waals surface area contributed by atoms with Gasteiger partial charge in [0.25, 0.3) is 0 Å². The van der Waals surface area contributed by atoms with Crippen molar-refractivity contribution in [2.45, 2.75) is 51.4 Å². The van der Waals surface area contributed by atoms with Crippen molar-refractivity contribution in [1.29, 1.82) is 0 Å². The number of carbonyl (C=O) groups is 2. The lowest BCUT2D eigenvalue weighted by Crippen LogP contribution is -2.42. The predicted molar refractivity (Wildman–Crippen MR) is 63.9 cm³/mol. The largest absolute Gasteiger partial charge is 0.469 e. The van der Waals surface area contributed by atoms with Gasteiger partial charge in [0.15, 0.2) is 0 Å². The zero-order valence-corrected chi connectivity index (χ0v) is 11.2. The number of aliphatic hydroxyl groups is 1. The van der Waals surface area contributed by atoms with Crippen LogP contribution >= 0.6 is 0 Å². The van der Waals surface area contributed by atoms with Crippen LogP contribution in [0.5, 0.6) is 0 Å². The van der Waals surface area contributed by atoms with Crippen LogP contribution in [0.25, 0.3) is 0 Å². The highest BCUT2D eigenvalue weighted by Gasteiger charge is 2.38. The van der Waals surface area contributed by atoms with Gasteiger partial charge < -0.3 is 19.9 Å². The van der Waals surface area contributed by atoms with Gasteiger partial charge in [0, 0.05) is 0 Å². The molecule has 3 atom stereocenters. The number of alkyl carbamates (subject to hydrolysis) is 1. The van der Waals surface area contributed by atoms with Gasteiger partial charge in [-0.25, -0.2) is 4.79 Å². The number of aliphatic hydroxyl groups excluding tert-OH is 1. The van der Waals surface area contributed by atoms with Crippen molar-refractivity contribution in [2.24, 2.45) is 5.92 Å². The van der Waals surface area contributed by atoms with E-state index >= 15 is 0 Å². The van der Waals surface area contributed by atoms with Gasteiger partial charge in [-0.15, -0.1) is 0 Å². The Morgan fingerprint density at radius 2 is 1.89 bits per heavy atom. The maximum Gasteiger partial charge on any atom is 0.407 e. The van der Waals surface area contributed by atoms with Crippen LogP contribution < -0.4 is 5.32 Å². The Morgan fingerprint density at radius 1 is 1.28 bits per heavy atom. The number of amides is 1. The van der Waals surface area contributed by atoms with E-state index in [1.807, 2.05) is 0 Å². The van der Waals surface area contributed by atoms with Crippen LogP contribution in [0.1, 0.15) is 33.6 Å². The lowest BCUT2D eigenvalue weighted by molar-refractivity contribution is -0.145. The van der Waals surface area contributed by atoms with E-state index < -0.39 is 23.8 Å². The molecule has 0 bridgehead atoms. The molecule has 0 aromatic heterocycles. The molecule has 1 amide bonds.